The van der Waals surface area contributed by atoms with Gasteiger partial charge in [-0.25, -0.2) is 4.79 Å². The van der Waals surface area contributed by atoms with Gasteiger partial charge in [0.15, 0.2) is 6.04 Å². The molecule has 1 aromatic rings. The van der Waals surface area contributed by atoms with Gasteiger partial charge < -0.3 is 20.1 Å². The summed E-state index contributed by atoms with van der Waals surface area (Å²) in [4.78, 5) is 24.6. The van der Waals surface area contributed by atoms with Crippen LogP contribution in [0.15, 0.2) is 24.3 Å². The maximum absolute atomic E-state index is 11.9. The number of rotatable bonds is 7. The van der Waals surface area contributed by atoms with E-state index in [2.05, 4.69) is 0 Å². The number of ether oxygens (including phenoxy) is 2. The van der Waals surface area contributed by atoms with E-state index in [1.54, 1.807) is 38.2 Å². The molecule has 116 valence electrons. The largest absolute Gasteiger partial charge is 0.492 e. The molecule has 0 saturated heterocycles. The fourth-order valence-electron chi connectivity index (χ4n) is 1.51. The molecule has 2 N–H and O–H groups in total. The number of amides is 1. The van der Waals surface area contributed by atoms with Gasteiger partial charge in [0.05, 0.1) is 13.2 Å². The highest BCUT2D eigenvalue weighted by Crippen LogP contribution is 2.15. The molecule has 0 aliphatic carbocycles. The van der Waals surface area contributed by atoms with Crippen LogP contribution in [0.3, 0.4) is 0 Å². The summed E-state index contributed by atoms with van der Waals surface area (Å²) >= 11 is 5.76. The molecule has 0 saturated carbocycles. The van der Waals surface area contributed by atoms with Crippen molar-refractivity contribution in [2.45, 2.75) is 13.0 Å². The van der Waals surface area contributed by atoms with Crippen molar-refractivity contribution in [3.05, 3.63) is 29.3 Å². The highest BCUT2D eigenvalue weighted by molar-refractivity contribution is 6.30. The molecule has 0 radical (unpaired) electrons. The van der Waals surface area contributed by atoms with Gasteiger partial charge in [0.1, 0.15) is 12.4 Å². The van der Waals surface area contributed by atoms with Crippen LogP contribution >= 0.6 is 11.6 Å². The molecule has 0 aliphatic heterocycles. The van der Waals surface area contributed by atoms with Gasteiger partial charge in [-0.3, -0.25) is 4.79 Å². The van der Waals surface area contributed by atoms with Gasteiger partial charge in [-0.05, 0) is 31.2 Å². The number of hydrogen-bond donors (Lipinski definition) is 1. The van der Waals surface area contributed by atoms with Gasteiger partial charge in [0.2, 0.25) is 0 Å². The Morgan fingerprint density at radius 1 is 1.33 bits per heavy atom. The van der Waals surface area contributed by atoms with Crippen molar-refractivity contribution in [2.75, 3.05) is 26.8 Å². The van der Waals surface area contributed by atoms with Crippen molar-refractivity contribution in [3.8, 4) is 5.75 Å². The molecule has 0 bridgehead atoms. The quantitative estimate of drug-likeness (QED) is 0.601. The molecular formula is C14H19ClN2O4. The molecule has 0 fully saturated rings. The lowest BCUT2D eigenvalue weighted by Gasteiger charge is -2.20. The van der Waals surface area contributed by atoms with Crippen molar-refractivity contribution in [2.24, 2.45) is 5.73 Å². The van der Waals surface area contributed by atoms with Crippen LogP contribution in [-0.4, -0.2) is 49.6 Å². The van der Waals surface area contributed by atoms with Crippen molar-refractivity contribution >= 4 is 23.5 Å². The molecule has 7 heteroatoms. The van der Waals surface area contributed by atoms with Gasteiger partial charge in [0.25, 0.3) is 5.91 Å². The Morgan fingerprint density at radius 3 is 2.52 bits per heavy atom. The van der Waals surface area contributed by atoms with Crippen LogP contribution in [-0.2, 0) is 14.3 Å². The van der Waals surface area contributed by atoms with Crippen LogP contribution in [0.25, 0.3) is 0 Å². The monoisotopic (exact) mass is 314 g/mol. The van der Waals surface area contributed by atoms with E-state index >= 15 is 0 Å². The first-order chi connectivity index (χ1) is 9.95. The minimum absolute atomic E-state index is 0.184. The second-order valence-corrected chi connectivity index (χ2v) is 4.73. The van der Waals surface area contributed by atoms with Crippen LogP contribution in [0.2, 0.25) is 5.02 Å². The predicted octanol–water partition coefficient (Wildman–Crippen LogP) is 1.07. The van der Waals surface area contributed by atoms with Crippen LogP contribution in [0.4, 0.5) is 0 Å². The van der Waals surface area contributed by atoms with Crippen molar-refractivity contribution in [1.82, 2.24) is 4.90 Å². The summed E-state index contributed by atoms with van der Waals surface area (Å²) < 4.78 is 10.2. The maximum atomic E-state index is 11.9. The standard InChI is InChI=1S/C14H19ClN2O4/c1-3-20-14(19)12(16)13(18)17(2)8-9-21-11-6-4-10(15)5-7-11/h4-7,12H,3,8-9,16H2,1-2H3. The third kappa shape index (κ3) is 5.61. The number of esters is 1. The fraction of sp³-hybridized carbons (Fsp3) is 0.429. The minimum atomic E-state index is -1.30. The van der Waals surface area contributed by atoms with Gasteiger partial charge >= 0.3 is 5.97 Å². The summed E-state index contributed by atoms with van der Waals surface area (Å²) in [6, 6.07) is 5.58. The Labute approximate surface area is 128 Å². The number of halogens is 1. The lowest BCUT2D eigenvalue weighted by Crippen LogP contribution is -2.48. The van der Waals surface area contributed by atoms with Crippen molar-refractivity contribution in [1.29, 1.82) is 0 Å². The summed E-state index contributed by atoms with van der Waals surface area (Å²) in [6.45, 7) is 2.41. The van der Waals surface area contributed by atoms with Gasteiger partial charge in [-0.1, -0.05) is 11.6 Å². The minimum Gasteiger partial charge on any atom is -0.492 e. The number of carbonyl (C=O) groups is 2. The van der Waals surface area contributed by atoms with E-state index < -0.39 is 17.9 Å². The van der Waals surface area contributed by atoms with Crippen molar-refractivity contribution < 1.29 is 19.1 Å². The molecule has 0 heterocycles. The van der Waals surface area contributed by atoms with E-state index in [9.17, 15) is 9.59 Å². The average Bonchev–Trinajstić information content (AvgIpc) is 2.47. The number of benzene rings is 1. The first-order valence-electron chi connectivity index (χ1n) is 6.51. The number of nitrogens with two attached hydrogens (primary N) is 1. The summed E-state index contributed by atoms with van der Waals surface area (Å²) in [6.07, 6.45) is 0. The smallest absolute Gasteiger partial charge is 0.332 e. The lowest BCUT2D eigenvalue weighted by molar-refractivity contribution is -0.150. The Bertz CT molecular complexity index is 478. The molecule has 1 rings (SSSR count). The highest BCUT2D eigenvalue weighted by atomic mass is 35.5. The normalized spacial score (nSPS) is 11.6. The number of nitrogens with zero attached hydrogens (tertiary/aromatic N) is 1. The highest BCUT2D eigenvalue weighted by Gasteiger charge is 2.26. The molecule has 21 heavy (non-hydrogen) atoms. The Balaban J connectivity index is 2.38. The van der Waals surface area contributed by atoms with Crippen molar-refractivity contribution in [3.63, 3.8) is 0 Å². The van der Waals surface area contributed by atoms with Gasteiger partial charge in [-0.15, -0.1) is 0 Å². The van der Waals surface area contributed by atoms with Crippen LogP contribution in [0.1, 0.15) is 6.92 Å². The third-order valence-electron chi connectivity index (χ3n) is 2.69. The second-order valence-electron chi connectivity index (χ2n) is 4.29. The van der Waals surface area contributed by atoms with Gasteiger partial charge in [-0.2, -0.15) is 0 Å². The zero-order chi connectivity index (χ0) is 15.8. The van der Waals surface area contributed by atoms with E-state index in [4.69, 9.17) is 26.8 Å². The van der Waals surface area contributed by atoms with Crippen LogP contribution in [0.5, 0.6) is 5.75 Å². The summed E-state index contributed by atoms with van der Waals surface area (Å²) in [5.74, 6) is -0.587. The first-order valence-corrected chi connectivity index (χ1v) is 6.89. The Kier molecular flexibility index (Phi) is 6.98. The lowest BCUT2D eigenvalue weighted by atomic mass is 10.3. The molecule has 1 atom stereocenters. The molecule has 1 aromatic carbocycles. The number of carbonyl (C=O) groups excluding carboxylic acids is 2. The summed E-state index contributed by atoms with van der Waals surface area (Å²) in [5, 5.41) is 0.620. The topological polar surface area (TPSA) is 81.9 Å². The van der Waals surface area contributed by atoms with E-state index in [1.807, 2.05) is 0 Å². The van der Waals surface area contributed by atoms with E-state index in [0.717, 1.165) is 0 Å². The van der Waals surface area contributed by atoms with E-state index in [0.29, 0.717) is 17.3 Å². The zero-order valence-electron chi connectivity index (χ0n) is 12.0. The Morgan fingerprint density at radius 2 is 1.95 bits per heavy atom. The molecule has 1 amide bonds. The summed E-state index contributed by atoms with van der Waals surface area (Å²) in [7, 11) is 1.55. The molecule has 0 spiro atoms. The third-order valence-corrected chi connectivity index (χ3v) is 2.94. The Hall–Kier alpha value is -1.79. The maximum Gasteiger partial charge on any atom is 0.332 e. The number of hydrogen-bond acceptors (Lipinski definition) is 5. The molecule has 6 nitrogen and oxygen atoms in total. The predicted molar refractivity (Wildman–Crippen MR) is 79.2 cm³/mol. The zero-order valence-corrected chi connectivity index (χ0v) is 12.8. The van der Waals surface area contributed by atoms with Crippen LogP contribution in [0, 0.1) is 0 Å². The second kappa shape index (κ2) is 8.49. The first kappa shape index (κ1) is 17.3. The van der Waals surface area contributed by atoms with Crippen LogP contribution < -0.4 is 10.5 Å². The van der Waals surface area contributed by atoms with Gasteiger partial charge in [0, 0.05) is 12.1 Å². The molecule has 0 aliphatic rings. The number of likely N-dealkylation sites (N-methyl/N-ethyl adjacent to an activating group) is 1. The molecular weight excluding hydrogens is 296 g/mol. The molecule has 1 unspecified atom stereocenters. The fourth-order valence-corrected chi connectivity index (χ4v) is 1.64. The van der Waals surface area contributed by atoms with E-state index in [1.165, 1.54) is 4.90 Å². The average molecular weight is 315 g/mol. The summed E-state index contributed by atoms with van der Waals surface area (Å²) in [5.41, 5.74) is 5.53. The molecule has 0 aromatic heterocycles. The SMILES string of the molecule is CCOC(=O)C(N)C(=O)N(C)CCOc1ccc(Cl)cc1. The van der Waals surface area contributed by atoms with E-state index in [-0.39, 0.29) is 13.2 Å².